The molecule has 2 aromatic carbocycles. The van der Waals surface area contributed by atoms with Crippen molar-refractivity contribution >= 4 is 34.9 Å². The standard InChI is InChI=1S/C12H8BO2/c14-13-10-6-3-5-9-8-4-1-2-7-11(8)15-12(9)10/h1-7,14H. The van der Waals surface area contributed by atoms with Crippen molar-refractivity contribution in [2.24, 2.45) is 0 Å². The van der Waals surface area contributed by atoms with E-state index in [0.717, 1.165) is 29.4 Å². The molecule has 15 heavy (non-hydrogen) atoms. The lowest BCUT2D eigenvalue weighted by Crippen LogP contribution is -2.12. The highest BCUT2D eigenvalue weighted by Gasteiger charge is 2.09. The zero-order valence-corrected chi connectivity index (χ0v) is 7.97. The van der Waals surface area contributed by atoms with Gasteiger partial charge in [0, 0.05) is 10.8 Å². The van der Waals surface area contributed by atoms with Gasteiger partial charge in [0.1, 0.15) is 11.2 Å². The van der Waals surface area contributed by atoms with Gasteiger partial charge < -0.3 is 9.44 Å². The normalized spacial score (nSPS) is 11.0. The van der Waals surface area contributed by atoms with Crippen molar-refractivity contribution in [3.8, 4) is 0 Å². The summed E-state index contributed by atoms with van der Waals surface area (Å²) in [6.45, 7) is 0. The summed E-state index contributed by atoms with van der Waals surface area (Å²) in [7, 11) is 1.07. The van der Waals surface area contributed by atoms with Gasteiger partial charge in [-0.1, -0.05) is 36.4 Å². The molecule has 0 fully saturated rings. The number of furan rings is 1. The molecule has 0 aliphatic heterocycles. The van der Waals surface area contributed by atoms with E-state index < -0.39 is 0 Å². The van der Waals surface area contributed by atoms with E-state index in [1.807, 2.05) is 42.5 Å². The van der Waals surface area contributed by atoms with Crippen LogP contribution in [0.3, 0.4) is 0 Å². The number of hydrogen-bond acceptors (Lipinski definition) is 2. The summed E-state index contributed by atoms with van der Waals surface area (Å²) in [5.41, 5.74) is 2.30. The van der Waals surface area contributed by atoms with Crippen molar-refractivity contribution in [1.29, 1.82) is 0 Å². The van der Waals surface area contributed by atoms with Crippen LogP contribution in [0.5, 0.6) is 0 Å². The third-order valence-corrected chi connectivity index (χ3v) is 2.57. The largest absolute Gasteiger partial charge is 0.457 e. The van der Waals surface area contributed by atoms with Gasteiger partial charge in [0.05, 0.1) is 0 Å². The number of fused-ring (bicyclic) bond motifs is 3. The summed E-state index contributed by atoms with van der Waals surface area (Å²) in [5.74, 6) is 0. The third-order valence-electron chi connectivity index (χ3n) is 2.57. The molecule has 2 nitrogen and oxygen atoms in total. The maximum Gasteiger partial charge on any atom is 0.330 e. The fourth-order valence-electron chi connectivity index (χ4n) is 1.87. The van der Waals surface area contributed by atoms with Crippen molar-refractivity contribution in [1.82, 2.24) is 0 Å². The molecule has 1 aromatic heterocycles. The zero-order valence-electron chi connectivity index (χ0n) is 7.97. The monoisotopic (exact) mass is 195 g/mol. The summed E-state index contributed by atoms with van der Waals surface area (Å²) < 4.78 is 5.68. The second-order valence-electron chi connectivity index (χ2n) is 3.45. The lowest BCUT2D eigenvalue weighted by Gasteiger charge is -1.93. The van der Waals surface area contributed by atoms with Crippen LogP contribution in [0.4, 0.5) is 0 Å². The van der Waals surface area contributed by atoms with E-state index in [9.17, 15) is 0 Å². The summed E-state index contributed by atoms with van der Waals surface area (Å²) in [5, 5.41) is 11.2. The highest BCUT2D eigenvalue weighted by atomic mass is 16.3. The first-order valence-corrected chi connectivity index (χ1v) is 4.78. The van der Waals surface area contributed by atoms with Gasteiger partial charge in [-0.15, -0.1) is 0 Å². The van der Waals surface area contributed by atoms with Crippen LogP contribution in [0.1, 0.15) is 0 Å². The maximum atomic E-state index is 9.08. The van der Waals surface area contributed by atoms with E-state index >= 15 is 0 Å². The molecule has 1 N–H and O–H groups in total. The molecular weight excluding hydrogens is 187 g/mol. The maximum absolute atomic E-state index is 9.08. The summed E-state index contributed by atoms with van der Waals surface area (Å²) in [6.07, 6.45) is 0. The Morgan fingerprint density at radius 1 is 0.933 bits per heavy atom. The Morgan fingerprint density at radius 2 is 1.73 bits per heavy atom. The third kappa shape index (κ3) is 1.17. The van der Waals surface area contributed by atoms with Gasteiger partial charge in [0.2, 0.25) is 0 Å². The molecule has 3 aromatic rings. The average Bonchev–Trinajstić information content (AvgIpc) is 2.67. The smallest absolute Gasteiger partial charge is 0.330 e. The first-order valence-electron chi connectivity index (χ1n) is 4.78. The van der Waals surface area contributed by atoms with Crippen molar-refractivity contribution in [2.75, 3.05) is 0 Å². The van der Waals surface area contributed by atoms with Crippen LogP contribution in [-0.2, 0) is 0 Å². The Hall–Kier alpha value is -1.74. The second-order valence-corrected chi connectivity index (χ2v) is 3.45. The van der Waals surface area contributed by atoms with E-state index in [-0.39, 0.29) is 0 Å². The molecule has 0 aliphatic carbocycles. The second kappa shape index (κ2) is 3.14. The number of benzene rings is 2. The predicted molar refractivity (Wildman–Crippen MR) is 61.3 cm³/mol. The van der Waals surface area contributed by atoms with Gasteiger partial charge in [-0.2, -0.15) is 0 Å². The van der Waals surface area contributed by atoms with Crippen molar-refractivity contribution in [3.05, 3.63) is 42.5 Å². The molecule has 0 unspecified atom stereocenters. The topological polar surface area (TPSA) is 33.4 Å². The quantitative estimate of drug-likeness (QED) is 0.600. The predicted octanol–water partition coefficient (Wildman–Crippen LogP) is 1.82. The Bertz CT molecular complexity index is 628. The van der Waals surface area contributed by atoms with E-state index in [1.165, 1.54) is 0 Å². The highest BCUT2D eigenvalue weighted by molar-refractivity contribution is 6.50. The van der Waals surface area contributed by atoms with Crippen LogP contribution in [0, 0.1) is 0 Å². The molecule has 0 amide bonds. The molecule has 0 spiro atoms. The van der Waals surface area contributed by atoms with Crippen LogP contribution in [-0.4, -0.2) is 12.5 Å². The SMILES string of the molecule is O[B]c1cccc2c1oc1ccccc12. The number of hydrogen-bond donors (Lipinski definition) is 1. The van der Waals surface area contributed by atoms with E-state index in [1.54, 1.807) is 0 Å². The van der Waals surface area contributed by atoms with Gasteiger partial charge >= 0.3 is 7.48 Å². The minimum absolute atomic E-state index is 0.712. The molecule has 3 heteroatoms. The Balaban J connectivity index is 2.53. The van der Waals surface area contributed by atoms with Gasteiger partial charge in [-0.3, -0.25) is 0 Å². The van der Waals surface area contributed by atoms with Crippen LogP contribution < -0.4 is 5.46 Å². The van der Waals surface area contributed by atoms with Crippen LogP contribution >= 0.6 is 0 Å². The van der Waals surface area contributed by atoms with E-state index in [0.29, 0.717) is 5.46 Å². The molecule has 0 atom stereocenters. The summed E-state index contributed by atoms with van der Waals surface area (Å²) >= 11 is 0. The van der Waals surface area contributed by atoms with Crippen LogP contribution in [0.25, 0.3) is 21.9 Å². The Kier molecular flexibility index (Phi) is 1.79. The fourth-order valence-corrected chi connectivity index (χ4v) is 1.87. The van der Waals surface area contributed by atoms with Crippen molar-refractivity contribution < 1.29 is 9.44 Å². The molecule has 3 rings (SSSR count). The summed E-state index contributed by atoms with van der Waals surface area (Å²) in [6, 6.07) is 13.6. The highest BCUT2D eigenvalue weighted by Crippen LogP contribution is 2.26. The lowest BCUT2D eigenvalue weighted by atomic mass is 9.87. The van der Waals surface area contributed by atoms with E-state index in [2.05, 4.69) is 0 Å². The molecule has 0 saturated carbocycles. The summed E-state index contributed by atoms with van der Waals surface area (Å²) in [4.78, 5) is 0. The van der Waals surface area contributed by atoms with Gasteiger partial charge in [-0.25, -0.2) is 0 Å². The molecule has 0 saturated heterocycles. The molecule has 71 valence electrons. The van der Waals surface area contributed by atoms with E-state index in [4.69, 9.17) is 9.44 Å². The number of para-hydroxylation sites is 2. The lowest BCUT2D eigenvalue weighted by molar-refractivity contribution is 0.613. The first kappa shape index (κ1) is 8.56. The van der Waals surface area contributed by atoms with Gasteiger partial charge in [0.15, 0.2) is 0 Å². The average molecular weight is 195 g/mol. The van der Waals surface area contributed by atoms with Crippen molar-refractivity contribution in [3.63, 3.8) is 0 Å². The van der Waals surface area contributed by atoms with Gasteiger partial charge in [-0.05, 0) is 11.5 Å². The Morgan fingerprint density at radius 3 is 2.60 bits per heavy atom. The molecule has 0 aliphatic rings. The molecule has 1 radical (unpaired) electrons. The van der Waals surface area contributed by atoms with Gasteiger partial charge in [0.25, 0.3) is 0 Å². The van der Waals surface area contributed by atoms with Crippen LogP contribution in [0.15, 0.2) is 46.9 Å². The minimum Gasteiger partial charge on any atom is -0.457 e. The van der Waals surface area contributed by atoms with Crippen LogP contribution in [0.2, 0.25) is 0 Å². The Labute approximate surface area is 87.4 Å². The van der Waals surface area contributed by atoms with Crippen molar-refractivity contribution in [2.45, 2.75) is 0 Å². The number of rotatable bonds is 1. The molecule has 1 heterocycles. The molecule has 0 bridgehead atoms. The zero-order chi connectivity index (χ0) is 10.3. The first-order chi connectivity index (χ1) is 7.40. The fraction of sp³-hybridized carbons (Fsp3) is 0. The molecular formula is C12H8BO2. The minimum atomic E-state index is 0.712.